The molecule has 1 amide bonds. The normalized spacial score (nSPS) is 9.94. The van der Waals surface area contributed by atoms with Crippen molar-refractivity contribution in [3.8, 4) is 0 Å². The first-order chi connectivity index (χ1) is 8.16. The number of aryl methyl sites for hydroxylation is 1. The number of nitrogen functional groups attached to an aromatic ring is 1. The van der Waals surface area contributed by atoms with E-state index in [0.29, 0.717) is 22.8 Å². The Labute approximate surface area is 98.7 Å². The van der Waals surface area contributed by atoms with Crippen LogP contribution in [0.5, 0.6) is 0 Å². The minimum atomic E-state index is -0.241. The van der Waals surface area contributed by atoms with Gasteiger partial charge in [0, 0.05) is 12.4 Å². The molecule has 0 radical (unpaired) electrons. The van der Waals surface area contributed by atoms with Crippen molar-refractivity contribution in [2.24, 2.45) is 0 Å². The van der Waals surface area contributed by atoms with Gasteiger partial charge in [-0.05, 0) is 31.2 Å². The predicted molar refractivity (Wildman–Crippen MR) is 65.6 cm³/mol. The lowest BCUT2D eigenvalue weighted by molar-refractivity contribution is 0.102. The molecular weight excluding hydrogens is 216 g/mol. The standard InChI is InChI=1S/C12H12N4O/c1-8-10(13)4-5-11(15-8)16-12(17)9-3-2-6-14-7-9/h2-7H,13H2,1H3,(H,15,16,17). The van der Waals surface area contributed by atoms with Gasteiger partial charge in [-0.1, -0.05) is 0 Å². The van der Waals surface area contributed by atoms with Crippen molar-refractivity contribution in [2.45, 2.75) is 6.92 Å². The molecule has 0 bridgehead atoms. The van der Waals surface area contributed by atoms with E-state index in [1.165, 1.54) is 6.20 Å². The molecule has 0 spiro atoms. The van der Waals surface area contributed by atoms with Crippen LogP contribution in [0.3, 0.4) is 0 Å². The Bertz CT molecular complexity index is 539. The van der Waals surface area contributed by atoms with Crippen LogP contribution < -0.4 is 11.1 Å². The smallest absolute Gasteiger partial charge is 0.258 e. The molecule has 2 aromatic heterocycles. The fourth-order valence-corrected chi connectivity index (χ4v) is 1.33. The molecule has 2 rings (SSSR count). The molecule has 3 N–H and O–H groups in total. The Hall–Kier alpha value is -2.43. The van der Waals surface area contributed by atoms with Crippen LogP contribution in [-0.2, 0) is 0 Å². The van der Waals surface area contributed by atoms with Gasteiger partial charge in [-0.3, -0.25) is 9.78 Å². The summed E-state index contributed by atoms with van der Waals surface area (Å²) in [6.07, 6.45) is 3.11. The second-order valence-electron chi connectivity index (χ2n) is 3.57. The molecule has 0 saturated carbocycles. The Morgan fingerprint density at radius 3 is 2.82 bits per heavy atom. The van der Waals surface area contributed by atoms with Crippen LogP contribution in [0.4, 0.5) is 11.5 Å². The minimum absolute atomic E-state index is 0.241. The summed E-state index contributed by atoms with van der Waals surface area (Å²) >= 11 is 0. The molecule has 86 valence electrons. The molecule has 0 aliphatic rings. The van der Waals surface area contributed by atoms with E-state index in [0.717, 1.165) is 0 Å². The fourth-order valence-electron chi connectivity index (χ4n) is 1.33. The van der Waals surface area contributed by atoms with E-state index >= 15 is 0 Å². The lowest BCUT2D eigenvalue weighted by Crippen LogP contribution is -2.13. The maximum atomic E-state index is 11.8. The van der Waals surface area contributed by atoms with E-state index in [2.05, 4.69) is 15.3 Å². The third-order valence-corrected chi connectivity index (χ3v) is 2.29. The highest BCUT2D eigenvalue weighted by atomic mass is 16.1. The maximum absolute atomic E-state index is 11.8. The molecule has 5 nitrogen and oxygen atoms in total. The zero-order chi connectivity index (χ0) is 12.3. The van der Waals surface area contributed by atoms with Crippen LogP contribution in [-0.4, -0.2) is 15.9 Å². The first-order valence-electron chi connectivity index (χ1n) is 5.11. The largest absolute Gasteiger partial charge is 0.397 e. The molecule has 2 heterocycles. The Balaban J connectivity index is 2.16. The van der Waals surface area contributed by atoms with Gasteiger partial charge in [0.25, 0.3) is 5.91 Å². The number of nitrogens with zero attached hydrogens (tertiary/aromatic N) is 2. The van der Waals surface area contributed by atoms with E-state index in [-0.39, 0.29) is 5.91 Å². The van der Waals surface area contributed by atoms with Crippen molar-refractivity contribution in [2.75, 3.05) is 11.1 Å². The first-order valence-corrected chi connectivity index (χ1v) is 5.11. The molecule has 0 atom stereocenters. The Kier molecular flexibility index (Phi) is 3.00. The van der Waals surface area contributed by atoms with Crippen molar-refractivity contribution in [1.82, 2.24) is 9.97 Å². The summed E-state index contributed by atoms with van der Waals surface area (Å²) in [5, 5.41) is 2.68. The number of hydrogen-bond donors (Lipinski definition) is 2. The Morgan fingerprint density at radius 1 is 1.35 bits per heavy atom. The number of carbonyl (C=O) groups is 1. The summed E-state index contributed by atoms with van der Waals surface area (Å²) in [4.78, 5) is 19.8. The molecule has 0 saturated heterocycles. The number of nitrogens with one attached hydrogen (secondary N) is 1. The third kappa shape index (κ3) is 2.57. The van der Waals surface area contributed by atoms with Crippen LogP contribution in [0.2, 0.25) is 0 Å². The highest BCUT2D eigenvalue weighted by Crippen LogP contribution is 2.12. The van der Waals surface area contributed by atoms with E-state index < -0.39 is 0 Å². The first kappa shape index (κ1) is 11.1. The van der Waals surface area contributed by atoms with Gasteiger partial charge in [-0.25, -0.2) is 4.98 Å². The lowest BCUT2D eigenvalue weighted by Gasteiger charge is -2.06. The fraction of sp³-hybridized carbons (Fsp3) is 0.0833. The highest BCUT2D eigenvalue weighted by Gasteiger charge is 2.06. The van der Waals surface area contributed by atoms with Crippen molar-refractivity contribution < 1.29 is 4.79 Å². The van der Waals surface area contributed by atoms with Gasteiger partial charge in [0.1, 0.15) is 5.82 Å². The van der Waals surface area contributed by atoms with Crippen molar-refractivity contribution >= 4 is 17.4 Å². The number of amides is 1. The molecule has 0 aliphatic carbocycles. The summed E-state index contributed by atoms with van der Waals surface area (Å²) in [6.45, 7) is 1.79. The average Bonchev–Trinajstić information content (AvgIpc) is 2.35. The monoisotopic (exact) mass is 228 g/mol. The number of hydrogen-bond acceptors (Lipinski definition) is 4. The second-order valence-corrected chi connectivity index (χ2v) is 3.57. The van der Waals surface area contributed by atoms with Crippen LogP contribution in [0.25, 0.3) is 0 Å². The number of rotatable bonds is 2. The summed E-state index contributed by atoms with van der Waals surface area (Å²) in [6, 6.07) is 6.76. The van der Waals surface area contributed by atoms with Gasteiger partial charge in [0.2, 0.25) is 0 Å². The molecule has 5 heteroatoms. The summed E-state index contributed by atoms with van der Waals surface area (Å²) in [7, 11) is 0. The van der Waals surface area contributed by atoms with Gasteiger partial charge in [0.15, 0.2) is 0 Å². The topological polar surface area (TPSA) is 80.9 Å². The predicted octanol–water partition coefficient (Wildman–Crippen LogP) is 1.62. The Morgan fingerprint density at radius 2 is 2.18 bits per heavy atom. The molecular formula is C12H12N4O. The van der Waals surface area contributed by atoms with Crippen LogP contribution in [0, 0.1) is 6.92 Å². The van der Waals surface area contributed by atoms with Gasteiger partial charge in [-0.15, -0.1) is 0 Å². The molecule has 17 heavy (non-hydrogen) atoms. The third-order valence-electron chi connectivity index (χ3n) is 2.29. The number of aromatic nitrogens is 2. The molecule has 0 fully saturated rings. The van der Waals surface area contributed by atoms with Crippen molar-refractivity contribution in [1.29, 1.82) is 0 Å². The highest BCUT2D eigenvalue weighted by molar-refractivity contribution is 6.03. The minimum Gasteiger partial charge on any atom is -0.397 e. The van der Waals surface area contributed by atoms with Gasteiger partial charge in [-0.2, -0.15) is 0 Å². The zero-order valence-corrected chi connectivity index (χ0v) is 9.34. The molecule has 0 aromatic carbocycles. The molecule has 2 aromatic rings. The van der Waals surface area contributed by atoms with Gasteiger partial charge in [0.05, 0.1) is 16.9 Å². The number of anilines is 2. The van der Waals surface area contributed by atoms with E-state index in [4.69, 9.17) is 5.73 Å². The molecule has 0 unspecified atom stereocenters. The van der Waals surface area contributed by atoms with Crippen molar-refractivity contribution in [3.05, 3.63) is 47.9 Å². The summed E-state index contributed by atoms with van der Waals surface area (Å²) < 4.78 is 0. The number of nitrogens with two attached hydrogens (primary N) is 1. The summed E-state index contributed by atoms with van der Waals surface area (Å²) in [5.74, 6) is 0.236. The number of pyridine rings is 2. The SMILES string of the molecule is Cc1nc(NC(=O)c2cccnc2)ccc1N. The van der Waals surface area contributed by atoms with Gasteiger partial charge < -0.3 is 11.1 Å². The quantitative estimate of drug-likeness (QED) is 0.818. The van der Waals surface area contributed by atoms with Crippen molar-refractivity contribution in [3.63, 3.8) is 0 Å². The lowest BCUT2D eigenvalue weighted by atomic mass is 10.2. The van der Waals surface area contributed by atoms with Crippen LogP contribution in [0.15, 0.2) is 36.7 Å². The van der Waals surface area contributed by atoms with E-state index in [1.54, 1.807) is 37.4 Å². The maximum Gasteiger partial charge on any atom is 0.258 e. The zero-order valence-electron chi connectivity index (χ0n) is 9.34. The summed E-state index contributed by atoms with van der Waals surface area (Å²) in [5.41, 5.74) is 7.43. The molecule has 0 aliphatic heterocycles. The average molecular weight is 228 g/mol. The van der Waals surface area contributed by atoms with Crippen LogP contribution in [0.1, 0.15) is 16.1 Å². The van der Waals surface area contributed by atoms with Gasteiger partial charge >= 0.3 is 0 Å². The van der Waals surface area contributed by atoms with Crippen LogP contribution >= 0.6 is 0 Å². The second kappa shape index (κ2) is 4.61. The van der Waals surface area contributed by atoms with E-state index in [1.807, 2.05) is 0 Å². The number of carbonyl (C=O) groups excluding carboxylic acids is 1. The van der Waals surface area contributed by atoms with E-state index in [9.17, 15) is 4.79 Å².